The maximum absolute atomic E-state index is 12.4. The Hall–Kier alpha value is -1.99. The molecule has 0 saturated heterocycles. The number of nitrogens with one attached hydrogen (secondary N) is 1. The highest BCUT2D eigenvalue weighted by Crippen LogP contribution is 2.32. The summed E-state index contributed by atoms with van der Waals surface area (Å²) >= 11 is 4.65. The molecular formula is C14H11BrN4OS. The molecule has 0 aliphatic rings. The predicted molar refractivity (Wildman–Crippen MR) is 88.7 cm³/mol. The maximum Gasteiger partial charge on any atom is 0.267 e. The van der Waals surface area contributed by atoms with Crippen molar-refractivity contribution in [2.75, 3.05) is 11.1 Å². The van der Waals surface area contributed by atoms with Gasteiger partial charge in [-0.3, -0.25) is 4.79 Å². The second-order valence-electron chi connectivity index (χ2n) is 4.57. The number of nitrogens with zero attached hydrogens (tertiary/aromatic N) is 2. The van der Waals surface area contributed by atoms with E-state index in [-0.39, 0.29) is 5.91 Å². The Morgan fingerprint density at radius 3 is 2.90 bits per heavy atom. The van der Waals surface area contributed by atoms with Gasteiger partial charge in [-0.1, -0.05) is 15.9 Å². The molecular weight excluding hydrogens is 352 g/mol. The number of aromatic nitrogens is 2. The first-order valence-corrected chi connectivity index (χ1v) is 7.74. The van der Waals surface area contributed by atoms with Crippen LogP contribution in [0.4, 0.5) is 11.4 Å². The first-order chi connectivity index (χ1) is 10.0. The smallest absolute Gasteiger partial charge is 0.267 e. The second kappa shape index (κ2) is 5.42. The lowest BCUT2D eigenvalue weighted by molar-refractivity contribution is 0.103. The van der Waals surface area contributed by atoms with Crippen LogP contribution in [0.15, 0.2) is 34.9 Å². The number of amides is 1. The molecule has 21 heavy (non-hydrogen) atoms. The minimum atomic E-state index is -0.243. The number of fused-ring (bicyclic) bond motifs is 1. The summed E-state index contributed by atoms with van der Waals surface area (Å²) in [6.45, 7) is 1.96. The van der Waals surface area contributed by atoms with Crippen LogP contribution in [0.5, 0.6) is 0 Å². The van der Waals surface area contributed by atoms with E-state index in [9.17, 15) is 4.79 Å². The Bertz CT molecular complexity index is 826. The summed E-state index contributed by atoms with van der Waals surface area (Å²) in [4.78, 5) is 13.5. The summed E-state index contributed by atoms with van der Waals surface area (Å²) in [6.07, 6.45) is 1.56. The third kappa shape index (κ3) is 2.74. The Morgan fingerprint density at radius 1 is 1.38 bits per heavy atom. The molecule has 3 rings (SSSR count). The molecule has 106 valence electrons. The molecule has 2 aromatic heterocycles. The Kier molecular flexibility index (Phi) is 3.60. The van der Waals surface area contributed by atoms with Crippen LogP contribution in [0.25, 0.3) is 10.2 Å². The first-order valence-electron chi connectivity index (χ1n) is 6.13. The average molecular weight is 363 g/mol. The lowest BCUT2D eigenvalue weighted by Gasteiger charge is -2.06. The minimum absolute atomic E-state index is 0.243. The molecule has 7 heteroatoms. The summed E-state index contributed by atoms with van der Waals surface area (Å²) in [7, 11) is 0. The molecule has 0 fully saturated rings. The van der Waals surface area contributed by atoms with Gasteiger partial charge in [0.25, 0.3) is 5.91 Å². The predicted octanol–water partition coefficient (Wildman–Crippen LogP) is 3.60. The number of anilines is 2. The topological polar surface area (TPSA) is 80.9 Å². The van der Waals surface area contributed by atoms with Crippen molar-refractivity contribution in [2.24, 2.45) is 0 Å². The molecule has 0 unspecified atom stereocenters. The fourth-order valence-corrected chi connectivity index (χ4v) is 3.58. The van der Waals surface area contributed by atoms with Crippen molar-refractivity contribution in [2.45, 2.75) is 6.92 Å². The first kappa shape index (κ1) is 14.0. The van der Waals surface area contributed by atoms with Crippen molar-refractivity contribution in [1.82, 2.24) is 10.2 Å². The monoisotopic (exact) mass is 362 g/mol. The van der Waals surface area contributed by atoms with E-state index in [0.717, 1.165) is 21.1 Å². The van der Waals surface area contributed by atoms with Gasteiger partial charge in [-0.05, 0) is 36.8 Å². The average Bonchev–Trinajstić information content (AvgIpc) is 2.76. The van der Waals surface area contributed by atoms with E-state index in [2.05, 4.69) is 31.4 Å². The van der Waals surface area contributed by atoms with Gasteiger partial charge in [0.1, 0.15) is 9.71 Å². The summed E-state index contributed by atoms with van der Waals surface area (Å²) in [5.41, 5.74) is 8.23. The van der Waals surface area contributed by atoms with E-state index in [1.807, 2.05) is 25.1 Å². The highest BCUT2D eigenvalue weighted by molar-refractivity contribution is 9.10. The van der Waals surface area contributed by atoms with Gasteiger partial charge < -0.3 is 11.1 Å². The summed E-state index contributed by atoms with van der Waals surface area (Å²) in [5, 5.41) is 11.4. The van der Waals surface area contributed by atoms with Crippen molar-refractivity contribution in [3.05, 3.63) is 45.4 Å². The third-order valence-electron chi connectivity index (χ3n) is 2.93. The number of nitrogens with two attached hydrogens (primary N) is 1. The van der Waals surface area contributed by atoms with Crippen LogP contribution in [-0.4, -0.2) is 16.1 Å². The van der Waals surface area contributed by atoms with Gasteiger partial charge in [0, 0.05) is 15.5 Å². The lowest BCUT2D eigenvalue weighted by atomic mass is 10.2. The van der Waals surface area contributed by atoms with Crippen LogP contribution < -0.4 is 11.1 Å². The third-order valence-corrected chi connectivity index (χ3v) is 4.49. The normalized spacial score (nSPS) is 10.8. The number of halogens is 1. The zero-order valence-electron chi connectivity index (χ0n) is 11.1. The van der Waals surface area contributed by atoms with Gasteiger partial charge in [-0.15, -0.1) is 16.4 Å². The number of thiophene rings is 1. The fourth-order valence-electron chi connectivity index (χ4n) is 2.04. The van der Waals surface area contributed by atoms with E-state index in [1.165, 1.54) is 11.3 Å². The van der Waals surface area contributed by atoms with Crippen molar-refractivity contribution < 1.29 is 4.79 Å². The van der Waals surface area contributed by atoms with E-state index in [1.54, 1.807) is 12.3 Å². The largest absolute Gasteiger partial charge is 0.397 e. The standard InChI is InChI=1S/C14H11BrN4OS/c1-7-4-8(15)6-9(5-7)18-13(20)12-11(16)10-2-3-17-19-14(10)21-12/h2-6H,16H2,1H3,(H,18,20). The lowest BCUT2D eigenvalue weighted by Crippen LogP contribution is -2.12. The van der Waals surface area contributed by atoms with Gasteiger partial charge >= 0.3 is 0 Å². The molecule has 0 spiro atoms. The molecule has 0 atom stereocenters. The molecule has 0 radical (unpaired) electrons. The maximum atomic E-state index is 12.4. The highest BCUT2D eigenvalue weighted by Gasteiger charge is 2.17. The quantitative estimate of drug-likeness (QED) is 0.729. The van der Waals surface area contributed by atoms with E-state index >= 15 is 0 Å². The number of hydrogen-bond donors (Lipinski definition) is 2. The molecule has 1 amide bonds. The zero-order valence-corrected chi connectivity index (χ0v) is 13.5. The van der Waals surface area contributed by atoms with Gasteiger partial charge in [0.05, 0.1) is 11.9 Å². The van der Waals surface area contributed by atoms with Gasteiger partial charge in [0.2, 0.25) is 0 Å². The summed E-state index contributed by atoms with van der Waals surface area (Å²) < 4.78 is 0.910. The van der Waals surface area contributed by atoms with Crippen LogP contribution in [-0.2, 0) is 0 Å². The Balaban J connectivity index is 1.95. The van der Waals surface area contributed by atoms with Crippen LogP contribution in [0.3, 0.4) is 0 Å². The van der Waals surface area contributed by atoms with Crippen LogP contribution in [0.1, 0.15) is 15.2 Å². The summed E-state index contributed by atoms with van der Waals surface area (Å²) in [5.74, 6) is -0.243. The van der Waals surface area contributed by atoms with E-state index < -0.39 is 0 Å². The van der Waals surface area contributed by atoms with Crippen molar-refractivity contribution in [3.63, 3.8) is 0 Å². The molecule has 3 aromatic rings. The molecule has 3 N–H and O–H groups in total. The van der Waals surface area contributed by atoms with Crippen molar-refractivity contribution >= 4 is 54.8 Å². The number of nitrogen functional groups attached to an aromatic ring is 1. The number of hydrogen-bond acceptors (Lipinski definition) is 5. The zero-order chi connectivity index (χ0) is 15.0. The molecule has 0 bridgehead atoms. The number of rotatable bonds is 2. The van der Waals surface area contributed by atoms with Crippen molar-refractivity contribution in [1.29, 1.82) is 0 Å². The number of carbonyl (C=O) groups is 1. The molecule has 2 heterocycles. The van der Waals surface area contributed by atoms with E-state index in [4.69, 9.17) is 5.73 Å². The molecule has 0 aliphatic heterocycles. The Morgan fingerprint density at radius 2 is 2.19 bits per heavy atom. The summed E-state index contributed by atoms with van der Waals surface area (Å²) in [6, 6.07) is 7.47. The molecule has 0 saturated carbocycles. The van der Waals surface area contributed by atoms with E-state index in [0.29, 0.717) is 15.4 Å². The SMILES string of the molecule is Cc1cc(Br)cc(NC(=O)c2sc3nnccc3c2N)c1. The molecule has 0 aliphatic carbocycles. The van der Waals surface area contributed by atoms with Gasteiger partial charge in [0.15, 0.2) is 0 Å². The second-order valence-corrected chi connectivity index (χ2v) is 6.48. The van der Waals surface area contributed by atoms with Crippen LogP contribution in [0, 0.1) is 6.92 Å². The van der Waals surface area contributed by atoms with Crippen LogP contribution >= 0.6 is 27.3 Å². The van der Waals surface area contributed by atoms with Gasteiger partial charge in [-0.25, -0.2) is 0 Å². The van der Waals surface area contributed by atoms with Crippen molar-refractivity contribution in [3.8, 4) is 0 Å². The number of carbonyl (C=O) groups excluding carboxylic acids is 1. The highest BCUT2D eigenvalue weighted by atomic mass is 79.9. The molecule has 5 nitrogen and oxygen atoms in total. The fraction of sp³-hybridized carbons (Fsp3) is 0.0714. The molecule has 1 aromatic carbocycles. The Labute approximate surface area is 133 Å². The van der Waals surface area contributed by atoms with Crippen LogP contribution in [0.2, 0.25) is 0 Å². The number of aryl methyl sites for hydroxylation is 1. The van der Waals surface area contributed by atoms with Gasteiger partial charge in [-0.2, -0.15) is 5.10 Å². The minimum Gasteiger partial charge on any atom is -0.397 e. The number of benzene rings is 1.